The summed E-state index contributed by atoms with van der Waals surface area (Å²) in [4.78, 5) is 25.8. The Balaban J connectivity index is 1.62. The summed E-state index contributed by atoms with van der Waals surface area (Å²) < 4.78 is 0. The molecule has 0 radical (unpaired) electrons. The standard InChI is InChI=1S/C16H17ClN4O2/c17-12-6-2-1-5-11(12)13-9-14(20-19-13)16(23)18-10-15(22)21-7-3-4-8-21/h1-2,5-6,9H,3-4,7-8,10H2,(H,18,23)(H,19,20). The molecule has 0 spiro atoms. The highest BCUT2D eigenvalue weighted by Gasteiger charge is 2.19. The molecule has 1 aliphatic rings. The molecule has 2 aromatic rings. The third kappa shape index (κ3) is 3.53. The molecule has 120 valence electrons. The summed E-state index contributed by atoms with van der Waals surface area (Å²) in [6, 6.07) is 8.90. The lowest BCUT2D eigenvalue weighted by molar-refractivity contribution is -0.129. The van der Waals surface area contributed by atoms with Crippen LogP contribution in [0.1, 0.15) is 23.3 Å². The van der Waals surface area contributed by atoms with Crippen molar-refractivity contribution in [1.29, 1.82) is 0 Å². The molecule has 0 bridgehead atoms. The van der Waals surface area contributed by atoms with E-state index >= 15 is 0 Å². The lowest BCUT2D eigenvalue weighted by Gasteiger charge is -2.15. The van der Waals surface area contributed by atoms with E-state index in [-0.39, 0.29) is 18.4 Å². The Bertz CT molecular complexity index is 722. The summed E-state index contributed by atoms with van der Waals surface area (Å²) in [7, 11) is 0. The number of aromatic amines is 1. The first-order valence-corrected chi connectivity index (χ1v) is 7.89. The molecule has 1 aliphatic heterocycles. The van der Waals surface area contributed by atoms with Crippen molar-refractivity contribution in [2.24, 2.45) is 0 Å². The van der Waals surface area contributed by atoms with E-state index in [9.17, 15) is 9.59 Å². The SMILES string of the molecule is O=C(NCC(=O)N1CCCC1)c1cc(-c2ccccc2Cl)n[nH]1. The molecule has 1 saturated heterocycles. The smallest absolute Gasteiger partial charge is 0.269 e. The maximum atomic E-state index is 12.1. The molecule has 6 nitrogen and oxygen atoms in total. The molecule has 1 fully saturated rings. The first-order chi connectivity index (χ1) is 11.1. The van der Waals surface area contributed by atoms with Gasteiger partial charge in [-0.25, -0.2) is 0 Å². The predicted molar refractivity (Wildman–Crippen MR) is 87.2 cm³/mol. The van der Waals surface area contributed by atoms with E-state index < -0.39 is 0 Å². The maximum absolute atomic E-state index is 12.1. The first-order valence-electron chi connectivity index (χ1n) is 7.51. The molecule has 2 heterocycles. The largest absolute Gasteiger partial charge is 0.342 e. The zero-order valence-electron chi connectivity index (χ0n) is 12.5. The summed E-state index contributed by atoms with van der Waals surface area (Å²) in [6.07, 6.45) is 2.06. The van der Waals surface area contributed by atoms with Gasteiger partial charge in [-0.2, -0.15) is 5.10 Å². The Labute approximate surface area is 138 Å². The van der Waals surface area contributed by atoms with E-state index in [1.54, 1.807) is 17.0 Å². The zero-order valence-corrected chi connectivity index (χ0v) is 13.3. The molecule has 1 aromatic carbocycles. The molecule has 1 aromatic heterocycles. The van der Waals surface area contributed by atoms with Crippen LogP contribution in [0.4, 0.5) is 0 Å². The van der Waals surface area contributed by atoms with Crippen molar-refractivity contribution in [2.75, 3.05) is 19.6 Å². The van der Waals surface area contributed by atoms with Crippen LogP contribution in [0.25, 0.3) is 11.3 Å². The summed E-state index contributed by atoms with van der Waals surface area (Å²) in [5, 5.41) is 9.97. The molecule has 0 atom stereocenters. The Morgan fingerprint density at radius 3 is 2.74 bits per heavy atom. The monoisotopic (exact) mass is 332 g/mol. The fourth-order valence-electron chi connectivity index (χ4n) is 2.57. The normalized spacial score (nSPS) is 14.0. The topological polar surface area (TPSA) is 78.1 Å². The van der Waals surface area contributed by atoms with Crippen molar-refractivity contribution in [2.45, 2.75) is 12.8 Å². The molecule has 2 N–H and O–H groups in total. The number of nitrogens with zero attached hydrogens (tertiary/aromatic N) is 2. The van der Waals surface area contributed by atoms with Crippen molar-refractivity contribution < 1.29 is 9.59 Å². The van der Waals surface area contributed by atoms with Crippen molar-refractivity contribution >= 4 is 23.4 Å². The summed E-state index contributed by atoms with van der Waals surface area (Å²) in [6.45, 7) is 1.55. The molecule has 0 saturated carbocycles. The maximum Gasteiger partial charge on any atom is 0.269 e. The van der Waals surface area contributed by atoms with Crippen LogP contribution in [0, 0.1) is 0 Å². The fraction of sp³-hybridized carbons (Fsp3) is 0.312. The van der Waals surface area contributed by atoms with Crippen LogP contribution in [0.5, 0.6) is 0 Å². The molecule has 3 rings (SSSR count). The minimum Gasteiger partial charge on any atom is -0.342 e. The van der Waals surface area contributed by atoms with E-state index in [1.165, 1.54) is 0 Å². The molecular formula is C16H17ClN4O2. The van der Waals surface area contributed by atoms with Gasteiger partial charge >= 0.3 is 0 Å². The van der Waals surface area contributed by atoms with Gasteiger partial charge in [0.25, 0.3) is 5.91 Å². The van der Waals surface area contributed by atoms with Gasteiger partial charge < -0.3 is 10.2 Å². The average Bonchev–Trinajstić information content (AvgIpc) is 3.24. The number of benzene rings is 1. The van der Waals surface area contributed by atoms with Crippen molar-refractivity contribution in [3.8, 4) is 11.3 Å². The number of rotatable bonds is 4. The van der Waals surface area contributed by atoms with Crippen LogP contribution in [-0.4, -0.2) is 46.5 Å². The van der Waals surface area contributed by atoms with E-state index in [0.29, 0.717) is 16.4 Å². The Morgan fingerprint density at radius 1 is 1.26 bits per heavy atom. The highest BCUT2D eigenvalue weighted by atomic mass is 35.5. The van der Waals surface area contributed by atoms with Gasteiger partial charge in [0.1, 0.15) is 5.69 Å². The fourth-order valence-corrected chi connectivity index (χ4v) is 2.81. The molecule has 2 amide bonds. The van der Waals surface area contributed by atoms with Crippen LogP contribution in [0.15, 0.2) is 30.3 Å². The van der Waals surface area contributed by atoms with Gasteiger partial charge in [0.05, 0.1) is 17.3 Å². The summed E-state index contributed by atoms with van der Waals surface area (Å²) in [5.41, 5.74) is 1.64. The van der Waals surface area contributed by atoms with E-state index in [1.807, 2.05) is 18.2 Å². The summed E-state index contributed by atoms with van der Waals surface area (Å²) in [5.74, 6) is -0.412. The lowest BCUT2D eigenvalue weighted by atomic mass is 10.1. The minimum atomic E-state index is -0.358. The summed E-state index contributed by atoms with van der Waals surface area (Å²) >= 11 is 6.12. The Hall–Kier alpha value is -2.34. The third-order valence-electron chi connectivity index (χ3n) is 3.83. The lowest BCUT2D eigenvalue weighted by Crippen LogP contribution is -2.38. The highest BCUT2D eigenvalue weighted by Crippen LogP contribution is 2.26. The Kier molecular flexibility index (Phi) is 4.62. The second kappa shape index (κ2) is 6.83. The highest BCUT2D eigenvalue weighted by molar-refractivity contribution is 6.33. The average molecular weight is 333 g/mol. The van der Waals surface area contributed by atoms with Gasteiger partial charge in [-0.15, -0.1) is 0 Å². The zero-order chi connectivity index (χ0) is 16.2. The van der Waals surface area contributed by atoms with Crippen LogP contribution in [0.2, 0.25) is 5.02 Å². The molecule has 7 heteroatoms. The van der Waals surface area contributed by atoms with Crippen LogP contribution in [-0.2, 0) is 4.79 Å². The number of likely N-dealkylation sites (tertiary alicyclic amines) is 1. The number of halogens is 1. The van der Waals surface area contributed by atoms with Gasteiger partial charge in [0, 0.05) is 18.7 Å². The molecule has 0 unspecified atom stereocenters. The van der Waals surface area contributed by atoms with Gasteiger partial charge in [-0.3, -0.25) is 14.7 Å². The van der Waals surface area contributed by atoms with Crippen LogP contribution < -0.4 is 5.32 Å². The second-order valence-electron chi connectivity index (χ2n) is 5.42. The van der Waals surface area contributed by atoms with Gasteiger partial charge in [-0.05, 0) is 25.0 Å². The van der Waals surface area contributed by atoms with Gasteiger partial charge in [0.15, 0.2) is 0 Å². The van der Waals surface area contributed by atoms with Gasteiger partial charge in [-0.1, -0.05) is 29.8 Å². The van der Waals surface area contributed by atoms with Crippen molar-refractivity contribution in [3.63, 3.8) is 0 Å². The van der Waals surface area contributed by atoms with E-state index in [4.69, 9.17) is 11.6 Å². The van der Waals surface area contributed by atoms with Crippen molar-refractivity contribution in [3.05, 3.63) is 41.0 Å². The molecular weight excluding hydrogens is 316 g/mol. The molecule has 23 heavy (non-hydrogen) atoms. The number of carbonyl (C=O) groups excluding carboxylic acids is 2. The number of amides is 2. The number of hydrogen-bond acceptors (Lipinski definition) is 3. The van der Waals surface area contributed by atoms with E-state index in [0.717, 1.165) is 31.5 Å². The minimum absolute atomic E-state index is 0.000714. The van der Waals surface area contributed by atoms with Gasteiger partial charge in [0.2, 0.25) is 5.91 Å². The predicted octanol–water partition coefficient (Wildman–Crippen LogP) is 2.08. The second-order valence-corrected chi connectivity index (χ2v) is 5.82. The number of hydrogen-bond donors (Lipinski definition) is 2. The van der Waals surface area contributed by atoms with E-state index in [2.05, 4.69) is 15.5 Å². The van der Waals surface area contributed by atoms with Crippen LogP contribution in [0.3, 0.4) is 0 Å². The number of nitrogens with one attached hydrogen (secondary N) is 2. The van der Waals surface area contributed by atoms with Crippen LogP contribution >= 0.6 is 11.6 Å². The van der Waals surface area contributed by atoms with Crippen molar-refractivity contribution in [1.82, 2.24) is 20.4 Å². The number of aromatic nitrogens is 2. The third-order valence-corrected chi connectivity index (χ3v) is 4.16. The first kappa shape index (κ1) is 15.6. The Morgan fingerprint density at radius 2 is 2.00 bits per heavy atom. The quantitative estimate of drug-likeness (QED) is 0.899. The number of carbonyl (C=O) groups is 2. The number of H-pyrrole nitrogens is 1. The molecule has 0 aliphatic carbocycles.